The number of halogens is 1. The number of aryl methyl sites for hydroxylation is 1. The average Bonchev–Trinajstić information content (AvgIpc) is 2.49. The van der Waals surface area contributed by atoms with Crippen molar-refractivity contribution in [3.05, 3.63) is 32.9 Å². The lowest BCUT2D eigenvalue weighted by Gasteiger charge is -2.12. The van der Waals surface area contributed by atoms with Gasteiger partial charge in [-0.3, -0.25) is 0 Å². The summed E-state index contributed by atoms with van der Waals surface area (Å²) in [6.45, 7) is 3.24. The number of hydrogen-bond acceptors (Lipinski definition) is 1. The van der Waals surface area contributed by atoms with Gasteiger partial charge in [0.1, 0.15) is 0 Å². The van der Waals surface area contributed by atoms with Crippen molar-refractivity contribution in [1.29, 1.82) is 0 Å². The Labute approximate surface area is 93.1 Å². The number of nitrogens with one attached hydrogen (secondary N) is 1. The van der Waals surface area contributed by atoms with Crippen LogP contribution in [0.2, 0.25) is 0 Å². The fourth-order valence-electron chi connectivity index (χ4n) is 2.03. The molecule has 0 bridgehead atoms. The smallest absolute Gasteiger partial charge is 0.0326 e. The Morgan fingerprint density at radius 3 is 3.15 bits per heavy atom. The second-order valence-electron chi connectivity index (χ2n) is 3.49. The summed E-state index contributed by atoms with van der Waals surface area (Å²) in [7, 11) is 0. The predicted octanol–water partition coefficient (Wildman–Crippen LogP) is 2.89. The van der Waals surface area contributed by atoms with E-state index in [1.165, 1.54) is 27.5 Å². The lowest BCUT2D eigenvalue weighted by Crippen LogP contribution is -2.18. The third-order valence-electron chi connectivity index (χ3n) is 2.64. The Morgan fingerprint density at radius 1 is 1.54 bits per heavy atom. The molecule has 1 atom stereocenters. The summed E-state index contributed by atoms with van der Waals surface area (Å²) < 4.78 is 1.35. The molecule has 1 unspecified atom stereocenters. The van der Waals surface area contributed by atoms with E-state index in [1.807, 2.05) is 0 Å². The SMILES string of the molecule is CCNC1CCc2ccc(I)cc21. The van der Waals surface area contributed by atoms with Crippen LogP contribution in [0.15, 0.2) is 18.2 Å². The van der Waals surface area contributed by atoms with Crippen LogP contribution in [-0.4, -0.2) is 6.54 Å². The molecule has 0 fully saturated rings. The molecule has 0 radical (unpaired) electrons. The maximum atomic E-state index is 3.52. The summed E-state index contributed by atoms with van der Waals surface area (Å²) in [5.41, 5.74) is 3.06. The third kappa shape index (κ3) is 1.89. The maximum absolute atomic E-state index is 3.52. The zero-order valence-corrected chi connectivity index (χ0v) is 9.97. The Kier molecular flexibility index (Phi) is 2.89. The molecule has 1 N–H and O–H groups in total. The zero-order chi connectivity index (χ0) is 9.26. The van der Waals surface area contributed by atoms with Crippen molar-refractivity contribution in [2.24, 2.45) is 0 Å². The highest BCUT2D eigenvalue weighted by Gasteiger charge is 2.20. The standard InChI is InChI=1S/C11H14IN/c1-2-13-11-6-4-8-3-5-9(12)7-10(8)11/h3,5,7,11,13H,2,4,6H2,1H3. The molecular weight excluding hydrogens is 273 g/mol. The van der Waals surface area contributed by atoms with Gasteiger partial charge in [-0.1, -0.05) is 13.0 Å². The largest absolute Gasteiger partial charge is 0.310 e. The van der Waals surface area contributed by atoms with Crippen molar-refractivity contribution < 1.29 is 0 Å². The van der Waals surface area contributed by atoms with E-state index in [0.717, 1.165) is 6.54 Å². The van der Waals surface area contributed by atoms with Crippen LogP contribution >= 0.6 is 22.6 Å². The first-order valence-corrected chi connectivity index (χ1v) is 5.91. The quantitative estimate of drug-likeness (QED) is 0.825. The molecule has 0 saturated heterocycles. The Morgan fingerprint density at radius 2 is 2.38 bits per heavy atom. The first kappa shape index (κ1) is 9.46. The highest BCUT2D eigenvalue weighted by atomic mass is 127. The lowest BCUT2D eigenvalue weighted by molar-refractivity contribution is 0.549. The van der Waals surface area contributed by atoms with E-state index in [2.05, 4.69) is 53.0 Å². The number of hydrogen-bond donors (Lipinski definition) is 1. The Balaban J connectivity index is 2.29. The Hall–Kier alpha value is -0.0900. The van der Waals surface area contributed by atoms with Gasteiger partial charge in [-0.25, -0.2) is 0 Å². The molecule has 1 aliphatic rings. The predicted molar refractivity (Wildman–Crippen MR) is 63.9 cm³/mol. The van der Waals surface area contributed by atoms with Gasteiger partial charge >= 0.3 is 0 Å². The fourth-order valence-corrected chi connectivity index (χ4v) is 2.55. The van der Waals surface area contributed by atoms with E-state index in [-0.39, 0.29) is 0 Å². The molecule has 1 aromatic rings. The number of fused-ring (bicyclic) bond motifs is 1. The topological polar surface area (TPSA) is 12.0 Å². The lowest BCUT2D eigenvalue weighted by atomic mass is 10.1. The normalized spacial score (nSPS) is 20.3. The fraction of sp³-hybridized carbons (Fsp3) is 0.455. The summed E-state index contributed by atoms with van der Waals surface area (Å²) >= 11 is 2.38. The molecule has 0 aliphatic heterocycles. The van der Waals surface area contributed by atoms with Crippen LogP contribution in [0.5, 0.6) is 0 Å². The van der Waals surface area contributed by atoms with Crippen LogP contribution in [-0.2, 0) is 6.42 Å². The summed E-state index contributed by atoms with van der Waals surface area (Å²) in [6.07, 6.45) is 2.51. The van der Waals surface area contributed by atoms with Crippen molar-refractivity contribution in [2.75, 3.05) is 6.54 Å². The van der Waals surface area contributed by atoms with Gasteiger partial charge in [0.15, 0.2) is 0 Å². The van der Waals surface area contributed by atoms with Crippen LogP contribution in [0.3, 0.4) is 0 Å². The van der Waals surface area contributed by atoms with Crippen LogP contribution in [0.25, 0.3) is 0 Å². The summed E-state index contributed by atoms with van der Waals surface area (Å²) in [5, 5.41) is 3.52. The van der Waals surface area contributed by atoms with Gasteiger partial charge in [0, 0.05) is 9.61 Å². The molecule has 1 nitrogen and oxygen atoms in total. The second-order valence-corrected chi connectivity index (χ2v) is 4.74. The first-order chi connectivity index (χ1) is 6.31. The minimum Gasteiger partial charge on any atom is -0.310 e. The van der Waals surface area contributed by atoms with Crippen molar-refractivity contribution in [3.8, 4) is 0 Å². The molecule has 1 aromatic carbocycles. The monoisotopic (exact) mass is 287 g/mol. The van der Waals surface area contributed by atoms with Gasteiger partial charge in [0.2, 0.25) is 0 Å². The van der Waals surface area contributed by atoms with Gasteiger partial charge in [-0.2, -0.15) is 0 Å². The van der Waals surface area contributed by atoms with E-state index in [4.69, 9.17) is 0 Å². The molecule has 2 rings (SSSR count). The molecule has 0 heterocycles. The minimum absolute atomic E-state index is 0.606. The molecule has 1 aliphatic carbocycles. The van der Waals surface area contributed by atoms with Crippen LogP contribution in [0, 0.1) is 3.57 Å². The maximum Gasteiger partial charge on any atom is 0.0326 e. The molecular formula is C11H14IN. The molecule has 13 heavy (non-hydrogen) atoms. The zero-order valence-electron chi connectivity index (χ0n) is 7.81. The third-order valence-corrected chi connectivity index (χ3v) is 3.31. The summed E-state index contributed by atoms with van der Waals surface area (Å²) in [6, 6.07) is 7.40. The number of rotatable bonds is 2. The van der Waals surface area contributed by atoms with Gasteiger partial charge in [-0.15, -0.1) is 0 Å². The molecule has 0 amide bonds. The van der Waals surface area contributed by atoms with Crippen molar-refractivity contribution >= 4 is 22.6 Å². The summed E-state index contributed by atoms with van der Waals surface area (Å²) in [4.78, 5) is 0. The minimum atomic E-state index is 0.606. The molecule has 0 saturated carbocycles. The van der Waals surface area contributed by atoms with Crippen LogP contribution in [0.1, 0.15) is 30.5 Å². The van der Waals surface area contributed by atoms with Crippen molar-refractivity contribution in [2.45, 2.75) is 25.8 Å². The van der Waals surface area contributed by atoms with Crippen LogP contribution in [0.4, 0.5) is 0 Å². The van der Waals surface area contributed by atoms with Crippen LogP contribution < -0.4 is 5.32 Å². The Bertz CT molecular complexity index is 307. The highest BCUT2D eigenvalue weighted by molar-refractivity contribution is 14.1. The van der Waals surface area contributed by atoms with E-state index in [0.29, 0.717) is 6.04 Å². The van der Waals surface area contributed by atoms with Crippen molar-refractivity contribution in [3.63, 3.8) is 0 Å². The summed E-state index contributed by atoms with van der Waals surface area (Å²) in [5.74, 6) is 0. The van der Waals surface area contributed by atoms with E-state index >= 15 is 0 Å². The highest BCUT2D eigenvalue weighted by Crippen LogP contribution is 2.31. The number of benzene rings is 1. The molecule has 70 valence electrons. The molecule has 0 spiro atoms. The average molecular weight is 287 g/mol. The first-order valence-electron chi connectivity index (χ1n) is 4.83. The molecule has 0 aromatic heterocycles. The van der Waals surface area contributed by atoms with Gasteiger partial charge < -0.3 is 5.32 Å². The molecule has 2 heteroatoms. The van der Waals surface area contributed by atoms with Gasteiger partial charge in [-0.05, 0) is 65.2 Å². The van der Waals surface area contributed by atoms with E-state index < -0.39 is 0 Å². The van der Waals surface area contributed by atoms with E-state index in [1.54, 1.807) is 0 Å². The van der Waals surface area contributed by atoms with Crippen molar-refractivity contribution in [1.82, 2.24) is 5.32 Å². The second kappa shape index (κ2) is 3.96. The van der Waals surface area contributed by atoms with Gasteiger partial charge in [0.05, 0.1) is 0 Å². The van der Waals surface area contributed by atoms with E-state index in [9.17, 15) is 0 Å². The van der Waals surface area contributed by atoms with Gasteiger partial charge in [0.25, 0.3) is 0 Å².